The Morgan fingerprint density at radius 2 is 1.62 bits per heavy atom. The Morgan fingerprint density at radius 3 is 2.08 bits per heavy atom. The molecule has 142 valence electrons. The maximum atomic E-state index is 12.7. The zero-order valence-corrected chi connectivity index (χ0v) is 15.9. The molecule has 2 aromatic rings. The number of hydrogen-bond donors (Lipinski definition) is 2. The molecule has 1 aromatic carbocycles. The van der Waals surface area contributed by atoms with Gasteiger partial charge in [-0.1, -0.05) is 0 Å². The van der Waals surface area contributed by atoms with Gasteiger partial charge in [-0.2, -0.15) is 0 Å². The van der Waals surface area contributed by atoms with Crippen molar-refractivity contribution in [1.29, 1.82) is 0 Å². The molecule has 0 atom stereocenters. The quantitative estimate of drug-likeness (QED) is 0.744. The van der Waals surface area contributed by atoms with Crippen molar-refractivity contribution in [3.05, 3.63) is 30.1 Å². The lowest BCUT2D eigenvalue weighted by atomic mass is 10.2. The van der Waals surface area contributed by atoms with Crippen molar-refractivity contribution in [2.24, 2.45) is 7.05 Å². The number of nitrogens with one attached hydrogen (secondary N) is 2. The number of carbonyl (C=O) groups excluding carboxylic acids is 1. The molecule has 0 fully saturated rings. The third kappa shape index (κ3) is 3.69. The molecule has 1 heterocycles. The van der Waals surface area contributed by atoms with Crippen LogP contribution in [0.1, 0.15) is 10.5 Å². The molecule has 0 saturated carbocycles. The first-order chi connectivity index (χ1) is 12.3. The van der Waals surface area contributed by atoms with Gasteiger partial charge in [-0.05, 0) is 6.07 Å². The minimum atomic E-state index is -3.93. The molecule has 9 nitrogen and oxygen atoms in total. The fourth-order valence-electron chi connectivity index (χ4n) is 2.39. The smallest absolute Gasteiger partial charge is 0.267 e. The first-order valence-corrected chi connectivity index (χ1v) is 8.97. The molecule has 2 N–H and O–H groups in total. The molecule has 0 bridgehead atoms. The van der Waals surface area contributed by atoms with E-state index >= 15 is 0 Å². The Hall–Kier alpha value is -2.88. The molecule has 0 aliphatic rings. The highest BCUT2D eigenvalue weighted by molar-refractivity contribution is 7.92. The predicted octanol–water partition coefficient (Wildman–Crippen LogP) is 1.21. The molecule has 26 heavy (non-hydrogen) atoms. The monoisotopic (exact) mass is 383 g/mol. The Balaban J connectivity index is 2.42. The molecule has 0 saturated heterocycles. The van der Waals surface area contributed by atoms with Crippen LogP contribution in [-0.4, -0.2) is 47.3 Å². The number of aryl methyl sites for hydroxylation is 1. The second-order valence-electron chi connectivity index (χ2n) is 5.27. The first kappa shape index (κ1) is 19.4. The fraction of sp³-hybridized carbons (Fsp3) is 0.312. The highest BCUT2D eigenvalue weighted by atomic mass is 32.2. The molecule has 0 spiro atoms. The second kappa shape index (κ2) is 7.56. The maximum absolute atomic E-state index is 12.7. The minimum Gasteiger partial charge on any atom is -0.493 e. The number of methoxy groups -OCH3 is 3. The molecule has 0 radical (unpaired) electrons. The normalized spacial score (nSPS) is 11.0. The molecular weight excluding hydrogens is 362 g/mol. The molecular formula is C16H21N3O6S. The predicted molar refractivity (Wildman–Crippen MR) is 95.7 cm³/mol. The van der Waals surface area contributed by atoms with Crippen LogP contribution >= 0.6 is 0 Å². The van der Waals surface area contributed by atoms with Crippen molar-refractivity contribution in [3.63, 3.8) is 0 Å². The number of aromatic nitrogens is 1. The highest BCUT2D eigenvalue weighted by Crippen LogP contribution is 2.40. The van der Waals surface area contributed by atoms with Gasteiger partial charge < -0.3 is 24.1 Å². The molecule has 1 aromatic heterocycles. The number of benzene rings is 1. The van der Waals surface area contributed by atoms with E-state index in [0.717, 1.165) is 0 Å². The van der Waals surface area contributed by atoms with Crippen molar-refractivity contribution < 1.29 is 27.4 Å². The van der Waals surface area contributed by atoms with Gasteiger partial charge in [-0.3, -0.25) is 9.52 Å². The van der Waals surface area contributed by atoms with E-state index in [9.17, 15) is 13.2 Å². The van der Waals surface area contributed by atoms with Gasteiger partial charge in [-0.15, -0.1) is 0 Å². The van der Waals surface area contributed by atoms with Gasteiger partial charge in [0.15, 0.2) is 11.5 Å². The summed E-state index contributed by atoms with van der Waals surface area (Å²) in [6.07, 6.45) is 1.35. The summed E-state index contributed by atoms with van der Waals surface area (Å²) in [4.78, 5) is 11.7. The number of nitrogens with zero attached hydrogens (tertiary/aromatic N) is 1. The van der Waals surface area contributed by atoms with Crippen molar-refractivity contribution in [2.75, 3.05) is 33.1 Å². The summed E-state index contributed by atoms with van der Waals surface area (Å²) in [6, 6.07) is 4.24. The Labute approximate surface area is 151 Å². The van der Waals surface area contributed by atoms with Crippen molar-refractivity contribution in [2.45, 2.75) is 4.90 Å². The van der Waals surface area contributed by atoms with Gasteiger partial charge in [0.05, 0.1) is 27.0 Å². The van der Waals surface area contributed by atoms with Gasteiger partial charge in [0, 0.05) is 32.4 Å². The number of rotatable bonds is 7. The standard InChI is InChI=1S/C16H21N3O6S/c1-17-16(20)12-8-11(9-19(12)2)26(21,22)18-10-6-13(23-3)15(25-5)14(7-10)24-4/h6-9,18H,1-5H3,(H,17,20). The number of sulfonamides is 1. The minimum absolute atomic E-state index is 0.0487. The van der Waals surface area contributed by atoms with E-state index in [1.165, 1.54) is 57.3 Å². The van der Waals surface area contributed by atoms with Gasteiger partial charge >= 0.3 is 0 Å². The van der Waals surface area contributed by atoms with Gasteiger partial charge in [0.1, 0.15) is 10.6 Å². The van der Waals surface area contributed by atoms with Crippen molar-refractivity contribution in [1.82, 2.24) is 9.88 Å². The molecule has 0 aliphatic heterocycles. The maximum Gasteiger partial charge on any atom is 0.267 e. The third-order valence-corrected chi connectivity index (χ3v) is 5.02. The van der Waals surface area contributed by atoms with Crippen LogP contribution in [0.25, 0.3) is 0 Å². The number of anilines is 1. The third-order valence-electron chi connectivity index (χ3n) is 3.67. The number of hydrogen-bond acceptors (Lipinski definition) is 6. The lowest BCUT2D eigenvalue weighted by Crippen LogP contribution is -2.20. The summed E-state index contributed by atoms with van der Waals surface area (Å²) in [5.41, 5.74) is 0.447. The first-order valence-electron chi connectivity index (χ1n) is 7.48. The van der Waals surface area contributed by atoms with E-state index in [4.69, 9.17) is 14.2 Å². The highest BCUT2D eigenvalue weighted by Gasteiger charge is 2.22. The fourth-order valence-corrected chi connectivity index (χ4v) is 3.50. The Morgan fingerprint density at radius 1 is 1.04 bits per heavy atom. The molecule has 1 amide bonds. The molecule has 2 rings (SSSR count). The Kier molecular flexibility index (Phi) is 5.66. The van der Waals surface area contributed by atoms with Crippen LogP contribution in [0, 0.1) is 0 Å². The van der Waals surface area contributed by atoms with Crippen LogP contribution in [0.5, 0.6) is 17.2 Å². The Bertz CT molecular complexity index is 895. The molecule has 0 unspecified atom stereocenters. The van der Waals surface area contributed by atoms with Crippen molar-refractivity contribution in [3.8, 4) is 17.2 Å². The lowest BCUT2D eigenvalue weighted by Gasteiger charge is -2.15. The van der Waals surface area contributed by atoms with Crippen molar-refractivity contribution >= 4 is 21.6 Å². The van der Waals surface area contributed by atoms with Gasteiger partial charge in [0.25, 0.3) is 15.9 Å². The molecule has 10 heteroatoms. The summed E-state index contributed by atoms with van der Waals surface area (Å²) >= 11 is 0. The van der Waals surface area contributed by atoms with Crippen LogP contribution in [-0.2, 0) is 17.1 Å². The average molecular weight is 383 g/mol. The average Bonchev–Trinajstić information content (AvgIpc) is 3.02. The van der Waals surface area contributed by atoms with E-state index in [1.807, 2.05) is 0 Å². The number of carbonyl (C=O) groups is 1. The zero-order valence-electron chi connectivity index (χ0n) is 15.1. The summed E-state index contributed by atoms with van der Waals surface area (Å²) in [7, 11) is 3.45. The van der Waals surface area contributed by atoms with Crippen LogP contribution in [0.15, 0.2) is 29.3 Å². The zero-order chi connectivity index (χ0) is 19.5. The van der Waals surface area contributed by atoms with E-state index in [1.54, 1.807) is 7.05 Å². The summed E-state index contributed by atoms with van der Waals surface area (Å²) < 4.78 is 44.8. The topological polar surface area (TPSA) is 108 Å². The van der Waals surface area contributed by atoms with Crippen LogP contribution in [0.4, 0.5) is 5.69 Å². The summed E-state index contributed by atoms with van der Waals surface area (Å²) in [5.74, 6) is 0.577. The number of amides is 1. The number of ether oxygens (including phenoxy) is 3. The van der Waals surface area contributed by atoms with E-state index in [0.29, 0.717) is 17.2 Å². The van der Waals surface area contributed by atoms with E-state index in [-0.39, 0.29) is 22.2 Å². The van der Waals surface area contributed by atoms with E-state index in [2.05, 4.69) is 10.0 Å². The van der Waals surface area contributed by atoms with Crippen LogP contribution in [0.3, 0.4) is 0 Å². The van der Waals surface area contributed by atoms with Gasteiger partial charge in [0.2, 0.25) is 5.75 Å². The SMILES string of the molecule is CNC(=O)c1cc(S(=O)(=O)Nc2cc(OC)c(OC)c(OC)c2)cn1C. The molecule has 0 aliphatic carbocycles. The van der Waals surface area contributed by atoms with Crippen LogP contribution < -0.4 is 24.2 Å². The second-order valence-corrected chi connectivity index (χ2v) is 6.95. The van der Waals surface area contributed by atoms with E-state index < -0.39 is 10.0 Å². The largest absolute Gasteiger partial charge is 0.493 e. The van der Waals surface area contributed by atoms with Crippen LogP contribution in [0.2, 0.25) is 0 Å². The summed E-state index contributed by atoms with van der Waals surface area (Å²) in [6.45, 7) is 0. The summed E-state index contributed by atoms with van der Waals surface area (Å²) in [5, 5.41) is 2.46. The lowest BCUT2D eigenvalue weighted by molar-refractivity contribution is 0.0955. The van der Waals surface area contributed by atoms with Gasteiger partial charge in [-0.25, -0.2) is 8.42 Å².